The van der Waals surface area contributed by atoms with Crippen molar-refractivity contribution in [3.63, 3.8) is 0 Å². The van der Waals surface area contributed by atoms with Crippen LogP contribution in [-0.4, -0.2) is 20.6 Å². The van der Waals surface area contributed by atoms with Gasteiger partial charge < -0.3 is 9.67 Å². The van der Waals surface area contributed by atoms with Crippen LogP contribution in [0.4, 0.5) is 0 Å². The van der Waals surface area contributed by atoms with Gasteiger partial charge in [0.05, 0.1) is 11.3 Å². The fraction of sp³-hybridized carbons (Fsp3) is 0.158. The topological polar surface area (TPSA) is 55.1 Å². The molecule has 2 heterocycles. The Hall–Kier alpha value is -2.88. The minimum Gasteiger partial charge on any atom is -0.478 e. The minimum absolute atomic E-state index is 0.307. The number of carboxylic acid groups (broad SMARTS) is 1. The van der Waals surface area contributed by atoms with Crippen molar-refractivity contribution in [2.45, 2.75) is 20.8 Å². The fourth-order valence-corrected chi connectivity index (χ4v) is 2.75. The summed E-state index contributed by atoms with van der Waals surface area (Å²) in [5, 5.41) is 9.47. The number of carbonyl (C=O) groups is 1. The number of aromatic carboxylic acids is 1. The first kappa shape index (κ1) is 15.0. The standard InChI is InChI=1S/C19H18N2O2/c1-12-6-7-16(9-13(12)2)21-14(3)17(19(22)23)10-18(21)15-5-4-8-20-11-15/h4-11H,1-3H3,(H,22,23). The number of rotatable bonds is 3. The summed E-state index contributed by atoms with van der Waals surface area (Å²) >= 11 is 0. The molecule has 2 aromatic heterocycles. The highest BCUT2D eigenvalue weighted by Crippen LogP contribution is 2.29. The first-order valence-corrected chi connectivity index (χ1v) is 7.42. The summed E-state index contributed by atoms with van der Waals surface area (Å²) in [5.74, 6) is -0.921. The number of hydrogen-bond acceptors (Lipinski definition) is 2. The summed E-state index contributed by atoms with van der Waals surface area (Å²) in [4.78, 5) is 15.7. The van der Waals surface area contributed by atoms with Gasteiger partial charge >= 0.3 is 5.97 Å². The average molecular weight is 306 g/mol. The summed E-state index contributed by atoms with van der Waals surface area (Å²) in [6.45, 7) is 5.95. The number of hydrogen-bond donors (Lipinski definition) is 1. The van der Waals surface area contributed by atoms with Crippen molar-refractivity contribution >= 4 is 5.97 Å². The van der Waals surface area contributed by atoms with E-state index < -0.39 is 5.97 Å². The maximum atomic E-state index is 11.5. The molecule has 0 spiro atoms. The van der Waals surface area contributed by atoms with E-state index in [0.717, 1.165) is 16.9 Å². The van der Waals surface area contributed by atoms with E-state index >= 15 is 0 Å². The van der Waals surface area contributed by atoms with Crippen molar-refractivity contribution in [3.8, 4) is 16.9 Å². The van der Waals surface area contributed by atoms with Crippen LogP contribution in [0.2, 0.25) is 0 Å². The van der Waals surface area contributed by atoms with Crippen LogP contribution in [-0.2, 0) is 0 Å². The predicted octanol–water partition coefficient (Wildman–Crippen LogP) is 4.16. The first-order valence-electron chi connectivity index (χ1n) is 7.42. The number of aryl methyl sites for hydroxylation is 2. The highest BCUT2D eigenvalue weighted by molar-refractivity contribution is 5.91. The Balaban J connectivity index is 2.29. The number of benzene rings is 1. The van der Waals surface area contributed by atoms with Crippen molar-refractivity contribution in [1.82, 2.24) is 9.55 Å². The quantitative estimate of drug-likeness (QED) is 0.790. The molecule has 0 atom stereocenters. The Bertz CT molecular complexity index is 880. The molecule has 0 aliphatic heterocycles. The van der Waals surface area contributed by atoms with Gasteiger partial charge in [0.15, 0.2) is 0 Å². The SMILES string of the molecule is Cc1ccc(-n2c(-c3cccnc3)cc(C(=O)O)c2C)cc1C. The fourth-order valence-electron chi connectivity index (χ4n) is 2.75. The van der Waals surface area contributed by atoms with E-state index in [9.17, 15) is 9.90 Å². The molecule has 0 amide bonds. The lowest BCUT2D eigenvalue weighted by atomic mass is 10.1. The van der Waals surface area contributed by atoms with Gasteiger partial charge in [-0.15, -0.1) is 0 Å². The lowest BCUT2D eigenvalue weighted by molar-refractivity contribution is 0.0696. The second-order valence-electron chi connectivity index (χ2n) is 5.68. The molecular weight excluding hydrogens is 288 g/mol. The lowest BCUT2D eigenvalue weighted by Gasteiger charge is -2.13. The van der Waals surface area contributed by atoms with Gasteiger partial charge in [-0.2, -0.15) is 0 Å². The third-order valence-electron chi connectivity index (χ3n) is 4.18. The molecule has 0 saturated heterocycles. The molecule has 0 unspecified atom stereocenters. The molecule has 3 rings (SSSR count). The van der Waals surface area contributed by atoms with Crippen molar-refractivity contribution in [2.75, 3.05) is 0 Å². The highest BCUT2D eigenvalue weighted by Gasteiger charge is 2.19. The van der Waals surface area contributed by atoms with Crippen molar-refractivity contribution in [1.29, 1.82) is 0 Å². The summed E-state index contributed by atoms with van der Waals surface area (Å²) in [6, 6.07) is 11.6. The summed E-state index contributed by atoms with van der Waals surface area (Å²) in [5.41, 5.74) is 6.07. The third-order valence-corrected chi connectivity index (χ3v) is 4.18. The molecule has 1 N–H and O–H groups in total. The average Bonchev–Trinajstić information content (AvgIpc) is 2.89. The Morgan fingerprint density at radius 2 is 1.87 bits per heavy atom. The van der Waals surface area contributed by atoms with Gasteiger partial charge in [-0.25, -0.2) is 4.79 Å². The van der Waals surface area contributed by atoms with Crippen molar-refractivity contribution in [3.05, 3.63) is 71.2 Å². The smallest absolute Gasteiger partial charge is 0.337 e. The van der Waals surface area contributed by atoms with Gasteiger partial charge in [0.2, 0.25) is 0 Å². The Kier molecular flexibility index (Phi) is 3.74. The van der Waals surface area contributed by atoms with Gasteiger partial charge in [-0.05, 0) is 62.2 Å². The molecule has 23 heavy (non-hydrogen) atoms. The zero-order chi connectivity index (χ0) is 16.6. The molecule has 4 nitrogen and oxygen atoms in total. The molecule has 4 heteroatoms. The number of pyridine rings is 1. The second kappa shape index (κ2) is 5.72. The molecule has 0 aliphatic rings. The molecule has 116 valence electrons. The van der Waals surface area contributed by atoms with Crippen LogP contribution < -0.4 is 0 Å². The normalized spacial score (nSPS) is 10.7. The zero-order valence-electron chi connectivity index (χ0n) is 13.4. The maximum Gasteiger partial charge on any atom is 0.337 e. The number of nitrogens with zero attached hydrogens (tertiary/aromatic N) is 2. The molecular formula is C19H18N2O2. The van der Waals surface area contributed by atoms with Crippen molar-refractivity contribution < 1.29 is 9.90 Å². The van der Waals surface area contributed by atoms with Gasteiger partial charge in [-0.1, -0.05) is 6.07 Å². The summed E-state index contributed by atoms with van der Waals surface area (Å²) in [6.07, 6.45) is 3.45. The Labute approximate surface area is 135 Å². The molecule has 3 aromatic rings. The van der Waals surface area contributed by atoms with Gasteiger partial charge in [0, 0.05) is 29.3 Å². The number of aromatic nitrogens is 2. The molecule has 0 saturated carbocycles. The largest absolute Gasteiger partial charge is 0.478 e. The maximum absolute atomic E-state index is 11.5. The monoisotopic (exact) mass is 306 g/mol. The van der Waals surface area contributed by atoms with E-state index in [1.807, 2.05) is 29.7 Å². The van der Waals surface area contributed by atoms with Crippen LogP contribution in [0.25, 0.3) is 16.9 Å². The minimum atomic E-state index is -0.921. The van der Waals surface area contributed by atoms with E-state index in [1.54, 1.807) is 18.5 Å². The van der Waals surface area contributed by atoms with E-state index in [-0.39, 0.29) is 0 Å². The van der Waals surface area contributed by atoms with Gasteiger partial charge in [-0.3, -0.25) is 4.98 Å². The van der Waals surface area contributed by atoms with Crippen LogP contribution in [0.5, 0.6) is 0 Å². The molecule has 0 bridgehead atoms. The van der Waals surface area contributed by atoms with Crippen LogP contribution >= 0.6 is 0 Å². The van der Waals surface area contributed by atoms with E-state index in [1.165, 1.54) is 11.1 Å². The lowest BCUT2D eigenvalue weighted by Crippen LogP contribution is -2.03. The van der Waals surface area contributed by atoms with Gasteiger partial charge in [0.1, 0.15) is 0 Å². The Morgan fingerprint density at radius 3 is 2.48 bits per heavy atom. The number of carboxylic acids is 1. The van der Waals surface area contributed by atoms with E-state index in [0.29, 0.717) is 11.3 Å². The first-order chi connectivity index (χ1) is 11.0. The van der Waals surface area contributed by atoms with Crippen LogP contribution in [0, 0.1) is 20.8 Å². The Morgan fingerprint density at radius 1 is 1.09 bits per heavy atom. The summed E-state index contributed by atoms with van der Waals surface area (Å²) < 4.78 is 1.98. The van der Waals surface area contributed by atoms with E-state index in [4.69, 9.17) is 0 Å². The predicted molar refractivity (Wildman–Crippen MR) is 90.2 cm³/mol. The van der Waals surface area contributed by atoms with Crippen LogP contribution in [0.3, 0.4) is 0 Å². The van der Waals surface area contributed by atoms with Crippen LogP contribution in [0.1, 0.15) is 27.2 Å². The van der Waals surface area contributed by atoms with E-state index in [2.05, 4.69) is 31.0 Å². The van der Waals surface area contributed by atoms with Gasteiger partial charge in [0.25, 0.3) is 0 Å². The molecule has 0 aliphatic carbocycles. The molecule has 0 fully saturated rings. The highest BCUT2D eigenvalue weighted by atomic mass is 16.4. The molecule has 0 radical (unpaired) electrons. The third kappa shape index (κ3) is 2.63. The van der Waals surface area contributed by atoms with Crippen molar-refractivity contribution in [2.24, 2.45) is 0 Å². The zero-order valence-corrected chi connectivity index (χ0v) is 13.4. The molecule has 1 aromatic carbocycles. The summed E-state index contributed by atoms with van der Waals surface area (Å²) in [7, 11) is 0. The van der Waals surface area contributed by atoms with Crippen LogP contribution in [0.15, 0.2) is 48.8 Å². The second-order valence-corrected chi connectivity index (χ2v) is 5.68.